The monoisotopic (exact) mass is 395 g/mol. The lowest BCUT2D eigenvalue weighted by Crippen LogP contribution is -2.51. The fraction of sp³-hybridized carbons (Fsp3) is 0.391. The van der Waals surface area contributed by atoms with Crippen LogP contribution in [0.1, 0.15) is 24.8 Å². The fourth-order valence-corrected chi connectivity index (χ4v) is 4.24. The van der Waals surface area contributed by atoms with Crippen LogP contribution >= 0.6 is 0 Å². The van der Waals surface area contributed by atoms with E-state index in [0.29, 0.717) is 6.67 Å². The number of nitrogens with zero attached hydrogens (tertiary/aromatic N) is 3. The van der Waals surface area contributed by atoms with E-state index in [4.69, 9.17) is 0 Å². The zero-order chi connectivity index (χ0) is 20.4. The second kappa shape index (κ2) is 8.33. The van der Waals surface area contributed by atoms with Crippen molar-refractivity contribution in [1.29, 1.82) is 0 Å². The molecule has 2 saturated heterocycles. The fourth-order valence-electron chi connectivity index (χ4n) is 4.24. The van der Waals surface area contributed by atoms with Crippen LogP contribution in [0.3, 0.4) is 0 Å². The molecule has 2 atom stereocenters. The lowest BCUT2D eigenvalue weighted by Gasteiger charge is -2.37. The second-order valence-electron chi connectivity index (χ2n) is 7.89. The lowest BCUT2D eigenvalue weighted by atomic mass is 9.86. The highest BCUT2D eigenvalue weighted by atomic mass is 19.1. The third-order valence-electron chi connectivity index (χ3n) is 6.11. The van der Waals surface area contributed by atoms with Crippen LogP contribution in [0.4, 0.5) is 10.1 Å². The first-order valence-corrected chi connectivity index (χ1v) is 10.1. The first-order chi connectivity index (χ1) is 14.0. The molecule has 2 aliphatic heterocycles. The van der Waals surface area contributed by atoms with E-state index in [1.807, 2.05) is 37.3 Å². The van der Waals surface area contributed by atoms with Gasteiger partial charge >= 0.3 is 0 Å². The van der Waals surface area contributed by atoms with Crippen LogP contribution in [0.2, 0.25) is 0 Å². The van der Waals surface area contributed by atoms with Gasteiger partial charge in [0.1, 0.15) is 5.82 Å². The van der Waals surface area contributed by atoms with Crippen LogP contribution in [0.5, 0.6) is 0 Å². The molecule has 2 heterocycles. The highest BCUT2D eigenvalue weighted by molar-refractivity contribution is 6.03. The number of carbonyl (C=O) groups is 2. The maximum absolute atomic E-state index is 13.1. The third-order valence-corrected chi connectivity index (χ3v) is 6.11. The highest BCUT2D eigenvalue weighted by Crippen LogP contribution is 2.33. The van der Waals surface area contributed by atoms with Gasteiger partial charge in [-0.3, -0.25) is 19.4 Å². The Kier molecular flexibility index (Phi) is 5.62. The number of halogens is 1. The molecule has 0 bridgehead atoms. The maximum atomic E-state index is 13.1. The predicted molar refractivity (Wildman–Crippen MR) is 110 cm³/mol. The zero-order valence-corrected chi connectivity index (χ0v) is 16.6. The topological polar surface area (TPSA) is 43.9 Å². The molecule has 0 aliphatic carbocycles. The minimum absolute atomic E-state index is 0.0213. The van der Waals surface area contributed by atoms with E-state index in [1.54, 1.807) is 12.1 Å². The van der Waals surface area contributed by atoms with Gasteiger partial charge in [0.2, 0.25) is 11.8 Å². The van der Waals surface area contributed by atoms with E-state index in [-0.39, 0.29) is 35.9 Å². The summed E-state index contributed by atoms with van der Waals surface area (Å²) in [7, 11) is 0. The van der Waals surface area contributed by atoms with Crippen molar-refractivity contribution < 1.29 is 14.0 Å². The Bertz CT molecular complexity index is 863. The second-order valence-corrected chi connectivity index (χ2v) is 7.89. The zero-order valence-electron chi connectivity index (χ0n) is 16.6. The van der Waals surface area contributed by atoms with E-state index in [9.17, 15) is 14.0 Å². The standard InChI is InChI=1S/C23H26FN3O2/c1-17(18-5-3-2-4-6-18)21-15-22(28)27(23(21)29)16-25-11-13-26(14-12-25)20-9-7-19(24)8-10-20/h2-10,17,21H,11-16H2,1H3. The van der Waals surface area contributed by atoms with Gasteiger partial charge in [-0.05, 0) is 35.7 Å². The van der Waals surface area contributed by atoms with Gasteiger partial charge in [0, 0.05) is 38.3 Å². The summed E-state index contributed by atoms with van der Waals surface area (Å²) in [5.74, 6) is -0.646. The molecule has 29 heavy (non-hydrogen) atoms. The maximum Gasteiger partial charge on any atom is 0.234 e. The Hall–Kier alpha value is -2.73. The number of rotatable bonds is 5. The molecular weight excluding hydrogens is 369 g/mol. The van der Waals surface area contributed by atoms with E-state index in [0.717, 1.165) is 37.4 Å². The van der Waals surface area contributed by atoms with Crippen molar-refractivity contribution in [2.24, 2.45) is 5.92 Å². The molecule has 5 nitrogen and oxygen atoms in total. The summed E-state index contributed by atoms with van der Waals surface area (Å²) in [5.41, 5.74) is 2.09. The van der Waals surface area contributed by atoms with E-state index in [1.165, 1.54) is 17.0 Å². The molecule has 2 amide bonds. The molecule has 152 valence electrons. The summed E-state index contributed by atoms with van der Waals surface area (Å²) >= 11 is 0. The summed E-state index contributed by atoms with van der Waals surface area (Å²) in [6.07, 6.45) is 0.282. The molecular formula is C23H26FN3O2. The van der Waals surface area contributed by atoms with Crippen molar-refractivity contribution in [2.45, 2.75) is 19.3 Å². The van der Waals surface area contributed by atoms with Crippen molar-refractivity contribution in [3.63, 3.8) is 0 Å². The number of hydrogen-bond acceptors (Lipinski definition) is 4. The minimum atomic E-state index is -0.287. The van der Waals surface area contributed by atoms with Gasteiger partial charge in [0.15, 0.2) is 0 Å². The summed E-state index contributed by atoms with van der Waals surface area (Å²) in [5, 5.41) is 0. The predicted octanol–water partition coefficient (Wildman–Crippen LogP) is 3.08. The molecule has 2 aliphatic rings. The number of likely N-dealkylation sites (tertiary alicyclic amines) is 1. The first kappa shape index (κ1) is 19.6. The van der Waals surface area contributed by atoms with Crippen LogP contribution in [0.15, 0.2) is 54.6 Å². The first-order valence-electron chi connectivity index (χ1n) is 10.1. The molecule has 0 radical (unpaired) electrons. The molecule has 2 fully saturated rings. The van der Waals surface area contributed by atoms with Crippen LogP contribution in [0.25, 0.3) is 0 Å². The number of piperazine rings is 1. The number of benzene rings is 2. The summed E-state index contributed by atoms with van der Waals surface area (Å²) in [4.78, 5) is 31.3. The number of carbonyl (C=O) groups excluding carboxylic acids is 2. The minimum Gasteiger partial charge on any atom is -0.369 e. The molecule has 0 saturated carbocycles. The highest BCUT2D eigenvalue weighted by Gasteiger charge is 2.42. The summed E-state index contributed by atoms with van der Waals surface area (Å²) < 4.78 is 13.1. The average molecular weight is 395 g/mol. The molecule has 2 unspecified atom stereocenters. The van der Waals surface area contributed by atoms with Crippen LogP contribution < -0.4 is 4.90 Å². The quantitative estimate of drug-likeness (QED) is 0.730. The van der Waals surface area contributed by atoms with Gasteiger partial charge in [0.25, 0.3) is 0 Å². The van der Waals surface area contributed by atoms with Crippen molar-refractivity contribution in [3.05, 3.63) is 66.0 Å². The Labute approximate surface area is 170 Å². The van der Waals surface area contributed by atoms with Crippen molar-refractivity contribution >= 4 is 17.5 Å². The van der Waals surface area contributed by atoms with Crippen molar-refractivity contribution in [1.82, 2.24) is 9.80 Å². The van der Waals surface area contributed by atoms with Gasteiger partial charge < -0.3 is 4.90 Å². The number of anilines is 1. The molecule has 6 heteroatoms. The number of amides is 2. The normalized spacial score (nSPS) is 21.7. The van der Waals surface area contributed by atoms with E-state index < -0.39 is 0 Å². The van der Waals surface area contributed by atoms with Gasteiger partial charge in [-0.2, -0.15) is 0 Å². The molecule has 0 N–H and O–H groups in total. The van der Waals surface area contributed by atoms with Crippen LogP contribution in [0, 0.1) is 11.7 Å². The third kappa shape index (κ3) is 4.17. The lowest BCUT2D eigenvalue weighted by molar-refractivity contribution is -0.142. The molecule has 0 spiro atoms. The summed E-state index contributed by atoms with van der Waals surface area (Å²) in [6.45, 7) is 5.46. The smallest absolute Gasteiger partial charge is 0.234 e. The number of hydrogen-bond donors (Lipinski definition) is 0. The van der Waals surface area contributed by atoms with Crippen molar-refractivity contribution in [3.8, 4) is 0 Å². The van der Waals surface area contributed by atoms with Crippen LogP contribution in [-0.2, 0) is 9.59 Å². The van der Waals surface area contributed by atoms with Gasteiger partial charge in [-0.25, -0.2) is 4.39 Å². The van der Waals surface area contributed by atoms with Gasteiger partial charge in [0.05, 0.1) is 12.6 Å². The molecule has 2 aromatic rings. The average Bonchev–Trinajstić information content (AvgIpc) is 3.03. The Morgan fingerprint density at radius 1 is 0.966 bits per heavy atom. The van der Waals surface area contributed by atoms with E-state index in [2.05, 4.69) is 9.80 Å². The van der Waals surface area contributed by atoms with Gasteiger partial charge in [-0.1, -0.05) is 37.3 Å². The van der Waals surface area contributed by atoms with Crippen LogP contribution in [-0.4, -0.2) is 54.5 Å². The Balaban J connectivity index is 1.34. The Morgan fingerprint density at radius 2 is 1.62 bits per heavy atom. The Morgan fingerprint density at radius 3 is 2.28 bits per heavy atom. The molecule has 0 aromatic heterocycles. The van der Waals surface area contributed by atoms with Gasteiger partial charge in [-0.15, -0.1) is 0 Å². The largest absolute Gasteiger partial charge is 0.369 e. The van der Waals surface area contributed by atoms with Crippen molar-refractivity contribution in [2.75, 3.05) is 37.7 Å². The molecule has 4 rings (SSSR count). The number of imide groups is 1. The SMILES string of the molecule is CC(c1ccccc1)C1CC(=O)N(CN2CCN(c3ccc(F)cc3)CC2)C1=O. The molecule has 2 aromatic carbocycles. The summed E-state index contributed by atoms with van der Waals surface area (Å²) in [6, 6.07) is 16.4. The van der Waals surface area contributed by atoms with E-state index >= 15 is 0 Å².